The van der Waals surface area contributed by atoms with Gasteiger partial charge in [0.25, 0.3) is 0 Å². The smallest absolute Gasteiger partial charge is 0.138 e. The summed E-state index contributed by atoms with van der Waals surface area (Å²) in [6.45, 7) is 2.45. The molecule has 3 aromatic carbocycles. The molecule has 0 aliphatic rings. The van der Waals surface area contributed by atoms with Gasteiger partial charge in [-0.25, -0.2) is 0 Å². The lowest BCUT2D eigenvalue weighted by atomic mass is 10.2. The monoisotopic (exact) mass is 365 g/mol. The van der Waals surface area contributed by atoms with Crippen molar-refractivity contribution in [2.24, 2.45) is 0 Å². The van der Waals surface area contributed by atoms with Crippen LogP contribution < -0.4 is 4.74 Å². The predicted octanol–water partition coefficient (Wildman–Crippen LogP) is 5.54. The molecule has 132 valence electrons. The number of hydrogen-bond acceptors (Lipinski definition) is 2. The van der Waals surface area contributed by atoms with E-state index >= 15 is 0 Å². The summed E-state index contributed by atoms with van der Waals surface area (Å²) in [6.07, 6.45) is 0. The van der Waals surface area contributed by atoms with E-state index in [9.17, 15) is 0 Å². The standard InChI is InChI=1S/C22H20ClNO2/c23-19-9-3-6-12-22(19)26-16-15-25-14-13-24-20-10-4-1-7-17(20)18-8-2-5-11-21(18)24/h1-12H,13-16H2. The van der Waals surface area contributed by atoms with Crippen LogP contribution >= 0.6 is 11.6 Å². The Balaban J connectivity index is 1.37. The predicted molar refractivity (Wildman–Crippen MR) is 107 cm³/mol. The molecule has 1 heterocycles. The van der Waals surface area contributed by atoms with Crippen LogP contribution in [0.15, 0.2) is 72.8 Å². The van der Waals surface area contributed by atoms with Crippen molar-refractivity contribution in [2.75, 3.05) is 19.8 Å². The van der Waals surface area contributed by atoms with Crippen molar-refractivity contribution < 1.29 is 9.47 Å². The van der Waals surface area contributed by atoms with Gasteiger partial charge in [-0.3, -0.25) is 0 Å². The van der Waals surface area contributed by atoms with E-state index in [4.69, 9.17) is 21.1 Å². The first kappa shape index (κ1) is 17.0. The fraction of sp³-hybridized carbons (Fsp3) is 0.182. The Bertz CT molecular complexity index is 972. The van der Waals surface area contributed by atoms with Gasteiger partial charge in [0.05, 0.1) is 18.2 Å². The van der Waals surface area contributed by atoms with E-state index < -0.39 is 0 Å². The van der Waals surface area contributed by atoms with Gasteiger partial charge in [0.2, 0.25) is 0 Å². The van der Waals surface area contributed by atoms with E-state index in [1.807, 2.05) is 24.3 Å². The molecule has 0 aliphatic heterocycles. The average molecular weight is 366 g/mol. The molecule has 0 unspecified atom stereocenters. The molecule has 0 N–H and O–H groups in total. The minimum Gasteiger partial charge on any atom is -0.490 e. The average Bonchev–Trinajstić information content (AvgIpc) is 3.00. The molecule has 0 radical (unpaired) electrons. The molecule has 4 heteroatoms. The number of nitrogens with zero attached hydrogens (tertiary/aromatic N) is 1. The largest absolute Gasteiger partial charge is 0.490 e. The molecule has 0 amide bonds. The Morgan fingerprint density at radius 2 is 1.31 bits per heavy atom. The number of para-hydroxylation sites is 3. The zero-order valence-electron chi connectivity index (χ0n) is 14.4. The molecule has 0 spiro atoms. The summed E-state index contributed by atoms with van der Waals surface area (Å²) in [5, 5.41) is 3.19. The highest BCUT2D eigenvalue weighted by Crippen LogP contribution is 2.28. The van der Waals surface area contributed by atoms with E-state index in [0.717, 1.165) is 6.54 Å². The van der Waals surface area contributed by atoms with Gasteiger partial charge in [-0.05, 0) is 24.3 Å². The van der Waals surface area contributed by atoms with Gasteiger partial charge < -0.3 is 14.0 Å². The third kappa shape index (κ3) is 3.41. The van der Waals surface area contributed by atoms with Crippen LogP contribution in [0.3, 0.4) is 0 Å². The quantitative estimate of drug-likeness (QED) is 0.401. The zero-order chi connectivity index (χ0) is 17.8. The van der Waals surface area contributed by atoms with Gasteiger partial charge >= 0.3 is 0 Å². The van der Waals surface area contributed by atoms with E-state index in [2.05, 4.69) is 53.1 Å². The third-order valence-corrected chi connectivity index (χ3v) is 4.77. The van der Waals surface area contributed by atoms with Crippen molar-refractivity contribution in [3.05, 3.63) is 77.8 Å². The Hall–Kier alpha value is -2.49. The Kier molecular flexibility index (Phi) is 5.09. The van der Waals surface area contributed by atoms with Crippen molar-refractivity contribution in [3.63, 3.8) is 0 Å². The first-order valence-electron chi connectivity index (χ1n) is 8.75. The Labute approximate surface area is 157 Å². The highest BCUT2D eigenvalue weighted by Gasteiger charge is 2.09. The lowest BCUT2D eigenvalue weighted by Crippen LogP contribution is -2.11. The fourth-order valence-electron chi connectivity index (χ4n) is 3.27. The summed E-state index contributed by atoms with van der Waals surface area (Å²) in [5.41, 5.74) is 2.48. The summed E-state index contributed by atoms with van der Waals surface area (Å²) in [6, 6.07) is 24.5. The van der Waals surface area contributed by atoms with Crippen molar-refractivity contribution in [1.29, 1.82) is 0 Å². The van der Waals surface area contributed by atoms with Gasteiger partial charge in [0.1, 0.15) is 12.4 Å². The van der Waals surface area contributed by atoms with Gasteiger partial charge in [0.15, 0.2) is 0 Å². The van der Waals surface area contributed by atoms with Gasteiger partial charge in [-0.1, -0.05) is 60.1 Å². The maximum Gasteiger partial charge on any atom is 0.138 e. The highest BCUT2D eigenvalue weighted by atomic mass is 35.5. The molecule has 0 aliphatic carbocycles. The zero-order valence-corrected chi connectivity index (χ0v) is 15.2. The van der Waals surface area contributed by atoms with Crippen LogP contribution in [0.2, 0.25) is 5.02 Å². The van der Waals surface area contributed by atoms with Crippen LogP contribution in [-0.2, 0) is 11.3 Å². The molecule has 0 saturated heterocycles. The lowest BCUT2D eigenvalue weighted by molar-refractivity contribution is 0.0955. The number of halogens is 1. The topological polar surface area (TPSA) is 23.4 Å². The van der Waals surface area contributed by atoms with Crippen LogP contribution in [-0.4, -0.2) is 24.4 Å². The molecule has 0 saturated carbocycles. The van der Waals surface area contributed by atoms with E-state index in [0.29, 0.717) is 30.6 Å². The van der Waals surface area contributed by atoms with Crippen LogP contribution in [0.25, 0.3) is 21.8 Å². The van der Waals surface area contributed by atoms with E-state index in [-0.39, 0.29) is 0 Å². The van der Waals surface area contributed by atoms with Crippen LogP contribution in [0, 0.1) is 0 Å². The summed E-state index contributed by atoms with van der Waals surface area (Å²) in [7, 11) is 0. The number of benzene rings is 3. The normalized spacial score (nSPS) is 11.3. The molecular weight excluding hydrogens is 346 g/mol. The Morgan fingerprint density at radius 3 is 2.00 bits per heavy atom. The second-order valence-electron chi connectivity index (χ2n) is 6.08. The van der Waals surface area contributed by atoms with E-state index in [1.165, 1.54) is 21.8 Å². The van der Waals surface area contributed by atoms with Crippen molar-refractivity contribution in [1.82, 2.24) is 4.57 Å². The minimum atomic E-state index is 0.483. The Morgan fingerprint density at radius 1 is 0.692 bits per heavy atom. The summed E-state index contributed by atoms with van der Waals surface area (Å²) in [4.78, 5) is 0. The first-order valence-corrected chi connectivity index (χ1v) is 9.13. The highest BCUT2D eigenvalue weighted by molar-refractivity contribution is 6.32. The van der Waals surface area contributed by atoms with Gasteiger partial charge in [0, 0.05) is 28.4 Å². The number of ether oxygens (including phenoxy) is 2. The lowest BCUT2D eigenvalue weighted by Gasteiger charge is -2.10. The maximum absolute atomic E-state index is 6.07. The molecule has 1 aromatic heterocycles. The van der Waals surface area contributed by atoms with Crippen LogP contribution in [0.5, 0.6) is 5.75 Å². The van der Waals surface area contributed by atoms with Crippen molar-refractivity contribution in [3.8, 4) is 5.75 Å². The van der Waals surface area contributed by atoms with Crippen LogP contribution in [0.1, 0.15) is 0 Å². The molecule has 0 atom stereocenters. The fourth-order valence-corrected chi connectivity index (χ4v) is 3.46. The van der Waals surface area contributed by atoms with Gasteiger partial charge in [-0.15, -0.1) is 0 Å². The number of fused-ring (bicyclic) bond motifs is 3. The summed E-state index contributed by atoms with van der Waals surface area (Å²) < 4.78 is 13.7. The molecular formula is C22H20ClNO2. The first-order chi connectivity index (χ1) is 12.8. The minimum absolute atomic E-state index is 0.483. The molecule has 4 aromatic rings. The summed E-state index contributed by atoms with van der Waals surface area (Å²) in [5.74, 6) is 0.695. The third-order valence-electron chi connectivity index (χ3n) is 4.46. The van der Waals surface area contributed by atoms with Crippen molar-refractivity contribution >= 4 is 33.4 Å². The number of hydrogen-bond donors (Lipinski definition) is 0. The summed E-state index contributed by atoms with van der Waals surface area (Å²) >= 11 is 6.07. The van der Waals surface area contributed by atoms with Crippen molar-refractivity contribution in [2.45, 2.75) is 6.54 Å². The molecule has 26 heavy (non-hydrogen) atoms. The SMILES string of the molecule is Clc1ccccc1OCCOCCn1c2ccccc2c2ccccc21. The maximum atomic E-state index is 6.07. The molecule has 0 bridgehead atoms. The number of rotatable bonds is 7. The molecule has 3 nitrogen and oxygen atoms in total. The van der Waals surface area contributed by atoms with Crippen LogP contribution in [0.4, 0.5) is 0 Å². The molecule has 0 fully saturated rings. The second kappa shape index (κ2) is 7.81. The van der Waals surface area contributed by atoms with Gasteiger partial charge in [-0.2, -0.15) is 0 Å². The second-order valence-corrected chi connectivity index (χ2v) is 6.48. The number of aromatic nitrogens is 1. The van der Waals surface area contributed by atoms with E-state index in [1.54, 1.807) is 0 Å². The molecule has 4 rings (SSSR count).